The summed E-state index contributed by atoms with van der Waals surface area (Å²) in [6.45, 7) is 1.09. The number of hydrogen-bond donors (Lipinski definition) is 0. The highest BCUT2D eigenvalue weighted by atomic mass is 79.9. The van der Waals surface area contributed by atoms with Gasteiger partial charge in [-0.15, -0.1) is 11.3 Å². The Bertz CT molecular complexity index is 644. The molecule has 6 heteroatoms. The molecular formula is C15H15BrClNO2S. The molecule has 0 N–H and O–H groups in total. The maximum atomic E-state index is 12.3. The number of rotatable bonds is 6. The predicted octanol–water partition coefficient (Wildman–Crippen LogP) is 4.49. The van der Waals surface area contributed by atoms with E-state index >= 15 is 0 Å². The van der Waals surface area contributed by atoms with E-state index in [-0.39, 0.29) is 5.78 Å². The van der Waals surface area contributed by atoms with E-state index < -0.39 is 0 Å². The number of carbonyl (C=O) groups excluding carboxylic acids is 1. The molecule has 0 atom stereocenters. The minimum Gasteiger partial charge on any atom is -0.495 e. The van der Waals surface area contributed by atoms with Crippen molar-refractivity contribution in [1.82, 2.24) is 4.90 Å². The molecule has 0 bridgehead atoms. The molecule has 0 radical (unpaired) electrons. The van der Waals surface area contributed by atoms with E-state index in [1.165, 1.54) is 4.88 Å². The first-order chi connectivity index (χ1) is 9.99. The van der Waals surface area contributed by atoms with Crippen LogP contribution in [0.25, 0.3) is 0 Å². The molecule has 1 aromatic carbocycles. The molecular weight excluding hydrogens is 374 g/mol. The first kappa shape index (κ1) is 16.5. The third-order valence-corrected chi connectivity index (χ3v) is 4.91. The van der Waals surface area contributed by atoms with Crippen LogP contribution in [0.1, 0.15) is 15.2 Å². The maximum Gasteiger partial charge on any atom is 0.176 e. The first-order valence-electron chi connectivity index (χ1n) is 6.28. The summed E-state index contributed by atoms with van der Waals surface area (Å²) in [5.41, 5.74) is 0.597. The van der Waals surface area contributed by atoms with Crippen molar-refractivity contribution in [3.63, 3.8) is 0 Å². The molecule has 1 heterocycles. The summed E-state index contributed by atoms with van der Waals surface area (Å²) < 4.78 is 6.16. The number of likely N-dealkylation sites (N-methyl/N-ethyl adjacent to an activating group) is 1. The Labute approximate surface area is 141 Å². The van der Waals surface area contributed by atoms with Crippen molar-refractivity contribution in [3.8, 4) is 5.75 Å². The van der Waals surface area contributed by atoms with Crippen LogP contribution in [0.4, 0.5) is 0 Å². The Morgan fingerprint density at radius 1 is 1.43 bits per heavy atom. The zero-order valence-electron chi connectivity index (χ0n) is 11.7. The fraction of sp³-hybridized carbons (Fsp3) is 0.267. The monoisotopic (exact) mass is 387 g/mol. The Balaban J connectivity index is 1.98. The minimum absolute atomic E-state index is 0.0395. The molecule has 2 aromatic rings. The fourth-order valence-corrected chi connectivity index (χ4v) is 3.72. The number of thiophene rings is 1. The summed E-state index contributed by atoms with van der Waals surface area (Å²) in [5, 5.41) is 2.49. The standard InChI is InChI=1S/C15H15BrClNO2S/c1-18(7-12-6-11(16)9-21-12)8-14(19)10-3-4-15(20-2)13(17)5-10/h3-6,9H,7-8H2,1-2H3. The fourth-order valence-electron chi connectivity index (χ4n) is 1.93. The van der Waals surface area contributed by atoms with E-state index in [0.717, 1.165) is 11.0 Å². The number of nitrogens with zero attached hydrogens (tertiary/aromatic N) is 1. The van der Waals surface area contributed by atoms with Crippen molar-refractivity contribution in [2.24, 2.45) is 0 Å². The summed E-state index contributed by atoms with van der Waals surface area (Å²) >= 11 is 11.1. The van der Waals surface area contributed by atoms with Crippen LogP contribution in [0.15, 0.2) is 34.1 Å². The largest absolute Gasteiger partial charge is 0.495 e. The molecule has 0 fully saturated rings. The van der Waals surface area contributed by atoms with Crippen molar-refractivity contribution < 1.29 is 9.53 Å². The molecule has 0 aliphatic rings. The second-order valence-electron chi connectivity index (χ2n) is 4.68. The third kappa shape index (κ3) is 4.54. The van der Waals surface area contributed by atoms with Gasteiger partial charge in [0.15, 0.2) is 5.78 Å². The molecule has 1 aromatic heterocycles. The van der Waals surface area contributed by atoms with Crippen LogP contribution in [-0.4, -0.2) is 31.4 Å². The van der Waals surface area contributed by atoms with Gasteiger partial charge in [-0.2, -0.15) is 0 Å². The van der Waals surface area contributed by atoms with E-state index in [9.17, 15) is 4.79 Å². The lowest BCUT2D eigenvalue weighted by molar-refractivity contribution is 0.0943. The van der Waals surface area contributed by atoms with Crippen molar-refractivity contribution >= 4 is 44.7 Å². The van der Waals surface area contributed by atoms with Gasteiger partial charge in [0, 0.05) is 26.8 Å². The summed E-state index contributed by atoms with van der Waals surface area (Å²) in [6.07, 6.45) is 0. The second-order valence-corrected chi connectivity index (χ2v) is 6.99. The van der Waals surface area contributed by atoms with Crippen molar-refractivity contribution in [3.05, 3.63) is 49.6 Å². The summed E-state index contributed by atoms with van der Waals surface area (Å²) in [4.78, 5) is 15.5. The van der Waals surface area contributed by atoms with Crippen LogP contribution in [0, 0.1) is 0 Å². The zero-order valence-corrected chi connectivity index (χ0v) is 14.9. The van der Waals surface area contributed by atoms with E-state index in [1.54, 1.807) is 36.6 Å². The quantitative estimate of drug-likeness (QED) is 0.683. The number of benzene rings is 1. The lowest BCUT2D eigenvalue weighted by Crippen LogP contribution is -2.25. The van der Waals surface area contributed by atoms with E-state index in [2.05, 4.69) is 22.0 Å². The van der Waals surface area contributed by atoms with Gasteiger partial charge in [-0.1, -0.05) is 11.6 Å². The molecule has 21 heavy (non-hydrogen) atoms. The van der Waals surface area contributed by atoms with E-state index in [1.807, 2.05) is 17.3 Å². The zero-order chi connectivity index (χ0) is 15.4. The van der Waals surface area contributed by atoms with Crippen LogP contribution in [0.3, 0.4) is 0 Å². The lowest BCUT2D eigenvalue weighted by atomic mass is 10.1. The van der Waals surface area contributed by atoms with E-state index in [0.29, 0.717) is 22.9 Å². The molecule has 0 aliphatic heterocycles. The van der Waals surface area contributed by atoms with Crippen LogP contribution in [-0.2, 0) is 6.54 Å². The Morgan fingerprint density at radius 3 is 2.76 bits per heavy atom. The average Bonchev–Trinajstić information content (AvgIpc) is 2.83. The van der Waals surface area contributed by atoms with E-state index in [4.69, 9.17) is 16.3 Å². The van der Waals surface area contributed by atoms with Crippen LogP contribution >= 0.6 is 38.9 Å². The topological polar surface area (TPSA) is 29.5 Å². The highest BCUT2D eigenvalue weighted by Gasteiger charge is 2.12. The molecule has 0 saturated heterocycles. The van der Waals surface area contributed by atoms with Gasteiger partial charge in [0.05, 0.1) is 18.7 Å². The number of halogens is 2. The SMILES string of the molecule is COc1ccc(C(=O)CN(C)Cc2cc(Br)cs2)cc1Cl. The molecule has 2 rings (SSSR count). The van der Waals surface area contributed by atoms with Gasteiger partial charge in [-0.25, -0.2) is 0 Å². The number of Topliss-reactive ketones (excluding diaryl/α,β-unsaturated/α-hetero) is 1. The summed E-state index contributed by atoms with van der Waals surface area (Å²) in [7, 11) is 3.48. The molecule has 0 saturated carbocycles. The molecule has 3 nitrogen and oxygen atoms in total. The average molecular weight is 389 g/mol. The minimum atomic E-state index is 0.0395. The Morgan fingerprint density at radius 2 is 2.19 bits per heavy atom. The van der Waals surface area contributed by atoms with Crippen LogP contribution < -0.4 is 4.74 Å². The molecule has 0 aliphatic carbocycles. The number of methoxy groups -OCH3 is 1. The number of ether oxygens (including phenoxy) is 1. The van der Waals surface area contributed by atoms with Gasteiger partial charge in [-0.3, -0.25) is 9.69 Å². The highest BCUT2D eigenvalue weighted by molar-refractivity contribution is 9.10. The van der Waals surface area contributed by atoms with Crippen LogP contribution in [0.5, 0.6) is 5.75 Å². The second kappa shape index (κ2) is 7.40. The van der Waals surface area contributed by atoms with Crippen molar-refractivity contribution in [1.29, 1.82) is 0 Å². The molecule has 0 amide bonds. The molecule has 0 spiro atoms. The Hall–Kier alpha value is -0.880. The van der Waals surface area contributed by atoms with Gasteiger partial charge < -0.3 is 4.74 Å². The third-order valence-electron chi connectivity index (χ3n) is 2.93. The maximum absolute atomic E-state index is 12.3. The van der Waals surface area contributed by atoms with Gasteiger partial charge >= 0.3 is 0 Å². The predicted molar refractivity (Wildman–Crippen MR) is 90.7 cm³/mol. The number of ketones is 1. The molecule has 0 unspecified atom stereocenters. The van der Waals surface area contributed by atoms with Gasteiger partial charge in [0.25, 0.3) is 0 Å². The summed E-state index contributed by atoms with van der Waals surface area (Å²) in [5.74, 6) is 0.614. The van der Waals surface area contributed by atoms with Gasteiger partial charge in [-0.05, 0) is 47.2 Å². The molecule has 112 valence electrons. The lowest BCUT2D eigenvalue weighted by Gasteiger charge is -2.15. The Kier molecular flexibility index (Phi) is 5.81. The van der Waals surface area contributed by atoms with Gasteiger partial charge in [0.2, 0.25) is 0 Å². The normalized spacial score (nSPS) is 10.9. The van der Waals surface area contributed by atoms with Crippen molar-refractivity contribution in [2.45, 2.75) is 6.54 Å². The smallest absolute Gasteiger partial charge is 0.176 e. The number of hydrogen-bond acceptors (Lipinski definition) is 4. The first-order valence-corrected chi connectivity index (χ1v) is 8.33. The number of carbonyl (C=O) groups is 1. The summed E-state index contributed by atoms with van der Waals surface area (Å²) in [6, 6.07) is 7.17. The van der Waals surface area contributed by atoms with Gasteiger partial charge in [0.1, 0.15) is 5.75 Å². The highest BCUT2D eigenvalue weighted by Crippen LogP contribution is 2.25. The van der Waals surface area contributed by atoms with Crippen molar-refractivity contribution in [2.75, 3.05) is 20.7 Å². The van der Waals surface area contributed by atoms with Crippen LogP contribution in [0.2, 0.25) is 5.02 Å².